The van der Waals surface area contributed by atoms with E-state index in [2.05, 4.69) is 5.32 Å². The van der Waals surface area contributed by atoms with Gasteiger partial charge in [-0.2, -0.15) is 0 Å². The molecule has 1 fully saturated rings. The maximum atomic E-state index is 12.4. The van der Waals surface area contributed by atoms with E-state index in [4.69, 9.17) is 4.74 Å². The number of para-hydroxylation sites is 1. The molecular formula is C18H18N2O3. The van der Waals surface area contributed by atoms with Crippen molar-refractivity contribution >= 4 is 23.2 Å². The van der Waals surface area contributed by atoms with Gasteiger partial charge in [-0.05, 0) is 36.4 Å². The van der Waals surface area contributed by atoms with Crippen LogP contribution in [0.5, 0.6) is 5.75 Å². The molecule has 1 saturated heterocycles. The molecule has 1 atom stereocenters. The third-order valence-corrected chi connectivity index (χ3v) is 3.92. The molecule has 2 amide bonds. The number of methoxy groups -OCH3 is 1. The average molecular weight is 310 g/mol. The van der Waals surface area contributed by atoms with Crippen LogP contribution in [0.15, 0.2) is 54.6 Å². The van der Waals surface area contributed by atoms with Gasteiger partial charge < -0.3 is 15.0 Å². The van der Waals surface area contributed by atoms with Gasteiger partial charge in [-0.3, -0.25) is 9.59 Å². The molecule has 5 heteroatoms. The lowest BCUT2D eigenvalue weighted by atomic mass is 10.1. The molecule has 1 heterocycles. The van der Waals surface area contributed by atoms with Crippen molar-refractivity contribution in [3.05, 3.63) is 54.6 Å². The summed E-state index contributed by atoms with van der Waals surface area (Å²) in [4.78, 5) is 26.2. The van der Waals surface area contributed by atoms with Crippen molar-refractivity contribution in [3.63, 3.8) is 0 Å². The molecule has 1 N–H and O–H groups in total. The van der Waals surface area contributed by atoms with Crippen LogP contribution < -0.4 is 15.0 Å². The number of ether oxygens (including phenoxy) is 1. The summed E-state index contributed by atoms with van der Waals surface area (Å²) in [6.07, 6.45) is 0.233. The smallest absolute Gasteiger partial charge is 0.229 e. The Labute approximate surface area is 134 Å². The minimum Gasteiger partial charge on any atom is -0.497 e. The topological polar surface area (TPSA) is 58.6 Å². The lowest BCUT2D eigenvalue weighted by Crippen LogP contribution is -2.28. The lowest BCUT2D eigenvalue weighted by molar-refractivity contribution is -0.122. The van der Waals surface area contributed by atoms with E-state index in [9.17, 15) is 9.59 Å². The molecule has 2 aromatic rings. The maximum Gasteiger partial charge on any atom is 0.229 e. The van der Waals surface area contributed by atoms with Crippen molar-refractivity contribution in [2.24, 2.45) is 5.92 Å². The molecule has 0 saturated carbocycles. The normalized spacial score (nSPS) is 17.2. The molecule has 1 aliphatic rings. The molecular weight excluding hydrogens is 292 g/mol. The SMILES string of the molecule is COc1ccc(NC(=O)[C@@H]2CC(=O)N(c3ccccc3)C2)cc1. The quantitative estimate of drug-likeness (QED) is 0.944. The minimum absolute atomic E-state index is 0.0221. The Morgan fingerprint density at radius 3 is 2.48 bits per heavy atom. The summed E-state index contributed by atoms with van der Waals surface area (Å²) in [5.41, 5.74) is 1.53. The zero-order valence-corrected chi connectivity index (χ0v) is 12.9. The molecule has 0 radical (unpaired) electrons. The summed E-state index contributed by atoms with van der Waals surface area (Å²) in [6.45, 7) is 0.408. The second-order valence-electron chi connectivity index (χ2n) is 5.46. The van der Waals surface area contributed by atoms with Gasteiger partial charge in [-0.1, -0.05) is 18.2 Å². The summed E-state index contributed by atoms with van der Waals surface area (Å²) in [7, 11) is 1.59. The summed E-state index contributed by atoms with van der Waals surface area (Å²) < 4.78 is 5.09. The largest absolute Gasteiger partial charge is 0.497 e. The highest BCUT2D eigenvalue weighted by molar-refractivity contribution is 6.03. The Hall–Kier alpha value is -2.82. The molecule has 0 aliphatic carbocycles. The van der Waals surface area contributed by atoms with Gasteiger partial charge in [-0.25, -0.2) is 0 Å². The van der Waals surface area contributed by atoms with Crippen LogP contribution >= 0.6 is 0 Å². The van der Waals surface area contributed by atoms with Gasteiger partial charge in [0.15, 0.2) is 0 Å². The summed E-state index contributed by atoms with van der Waals surface area (Å²) in [5, 5.41) is 2.85. The van der Waals surface area contributed by atoms with E-state index >= 15 is 0 Å². The van der Waals surface area contributed by atoms with Crippen LogP contribution in [0.2, 0.25) is 0 Å². The first-order valence-corrected chi connectivity index (χ1v) is 7.47. The highest BCUT2D eigenvalue weighted by Gasteiger charge is 2.35. The fourth-order valence-corrected chi connectivity index (χ4v) is 2.66. The van der Waals surface area contributed by atoms with E-state index in [0.717, 1.165) is 11.4 Å². The predicted molar refractivity (Wildman–Crippen MR) is 88.5 cm³/mol. The van der Waals surface area contributed by atoms with E-state index < -0.39 is 0 Å². The lowest BCUT2D eigenvalue weighted by Gasteiger charge is -2.16. The van der Waals surface area contributed by atoms with Gasteiger partial charge in [0.2, 0.25) is 11.8 Å². The Bertz CT molecular complexity index is 698. The van der Waals surface area contributed by atoms with Gasteiger partial charge in [-0.15, -0.1) is 0 Å². The third kappa shape index (κ3) is 3.34. The molecule has 1 aliphatic heterocycles. The van der Waals surface area contributed by atoms with Gasteiger partial charge in [0.1, 0.15) is 5.75 Å². The van der Waals surface area contributed by atoms with Crippen LogP contribution in [0.25, 0.3) is 0 Å². The third-order valence-electron chi connectivity index (χ3n) is 3.92. The first kappa shape index (κ1) is 15.1. The number of hydrogen-bond donors (Lipinski definition) is 1. The monoisotopic (exact) mass is 310 g/mol. The number of nitrogens with one attached hydrogen (secondary N) is 1. The number of rotatable bonds is 4. The number of anilines is 2. The van der Waals surface area contributed by atoms with E-state index in [0.29, 0.717) is 12.2 Å². The minimum atomic E-state index is -0.343. The van der Waals surface area contributed by atoms with Crippen molar-refractivity contribution in [2.75, 3.05) is 23.9 Å². The fraction of sp³-hybridized carbons (Fsp3) is 0.222. The first-order chi connectivity index (χ1) is 11.2. The zero-order valence-electron chi connectivity index (χ0n) is 12.9. The van der Waals surface area contributed by atoms with E-state index in [1.54, 1.807) is 36.3 Å². The molecule has 23 heavy (non-hydrogen) atoms. The van der Waals surface area contributed by atoms with E-state index in [1.165, 1.54) is 0 Å². The molecule has 0 bridgehead atoms. The molecule has 0 unspecified atom stereocenters. The molecule has 0 spiro atoms. The second-order valence-corrected chi connectivity index (χ2v) is 5.46. The van der Waals surface area contributed by atoms with Crippen molar-refractivity contribution in [1.29, 1.82) is 0 Å². The molecule has 2 aromatic carbocycles. The molecule has 118 valence electrons. The highest BCUT2D eigenvalue weighted by Crippen LogP contribution is 2.26. The maximum absolute atomic E-state index is 12.4. The molecule has 3 rings (SSSR count). The van der Waals surface area contributed by atoms with Crippen LogP contribution in [0, 0.1) is 5.92 Å². The zero-order chi connectivity index (χ0) is 16.2. The molecule has 5 nitrogen and oxygen atoms in total. The van der Waals surface area contributed by atoms with Gasteiger partial charge >= 0.3 is 0 Å². The number of nitrogens with zero attached hydrogens (tertiary/aromatic N) is 1. The molecule has 0 aromatic heterocycles. The number of carbonyl (C=O) groups excluding carboxylic acids is 2. The Kier molecular flexibility index (Phi) is 4.28. The van der Waals surface area contributed by atoms with Crippen LogP contribution in [0.4, 0.5) is 11.4 Å². The fourth-order valence-electron chi connectivity index (χ4n) is 2.66. The van der Waals surface area contributed by atoms with Crippen molar-refractivity contribution in [1.82, 2.24) is 0 Å². The van der Waals surface area contributed by atoms with E-state index in [-0.39, 0.29) is 24.2 Å². The first-order valence-electron chi connectivity index (χ1n) is 7.47. The van der Waals surface area contributed by atoms with Crippen molar-refractivity contribution in [2.45, 2.75) is 6.42 Å². The van der Waals surface area contributed by atoms with Crippen molar-refractivity contribution in [3.8, 4) is 5.75 Å². The van der Waals surface area contributed by atoms with Gasteiger partial charge in [0.05, 0.1) is 13.0 Å². The summed E-state index contributed by atoms with van der Waals surface area (Å²) >= 11 is 0. The highest BCUT2D eigenvalue weighted by atomic mass is 16.5. The van der Waals surface area contributed by atoms with Gasteiger partial charge in [0, 0.05) is 24.3 Å². The van der Waals surface area contributed by atoms with Crippen LogP contribution in [0.3, 0.4) is 0 Å². The van der Waals surface area contributed by atoms with Crippen molar-refractivity contribution < 1.29 is 14.3 Å². The van der Waals surface area contributed by atoms with Crippen LogP contribution in [0.1, 0.15) is 6.42 Å². The number of carbonyl (C=O) groups is 2. The van der Waals surface area contributed by atoms with Crippen LogP contribution in [-0.4, -0.2) is 25.5 Å². The standard InChI is InChI=1S/C18H18N2O3/c1-23-16-9-7-14(8-10-16)19-18(22)13-11-17(21)20(12-13)15-5-3-2-4-6-15/h2-10,13H,11-12H2,1H3,(H,19,22)/t13-/m1/s1. The number of amides is 2. The number of benzene rings is 2. The average Bonchev–Trinajstić information content (AvgIpc) is 2.98. The second kappa shape index (κ2) is 6.52. The van der Waals surface area contributed by atoms with Gasteiger partial charge in [0.25, 0.3) is 0 Å². The summed E-state index contributed by atoms with van der Waals surface area (Å²) in [6, 6.07) is 16.5. The van der Waals surface area contributed by atoms with E-state index in [1.807, 2.05) is 30.3 Å². The Morgan fingerprint density at radius 2 is 1.83 bits per heavy atom. The summed E-state index contributed by atoms with van der Waals surface area (Å²) in [5.74, 6) is 0.229. The van der Waals surface area contributed by atoms with Crippen LogP contribution in [-0.2, 0) is 9.59 Å². The number of hydrogen-bond acceptors (Lipinski definition) is 3. The Balaban J connectivity index is 1.65. The Morgan fingerprint density at radius 1 is 1.13 bits per heavy atom. The predicted octanol–water partition coefficient (Wildman–Crippen LogP) is 2.69.